The Morgan fingerprint density at radius 3 is 2.53 bits per heavy atom. The van der Waals surface area contributed by atoms with Crippen LogP contribution in [-0.4, -0.2) is 27.2 Å². The molecule has 10 heteroatoms. The van der Waals surface area contributed by atoms with E-state index in [2.05, 4.69) is 10.3 Å². The summed E-state index contributed by atoms with van der Waals surface area (Å²) in [6.07, 6.45) is 0.107. The van der Waals surface area contributed by atoms with Crippen molar-refractivity contribution in [2.24, 2.45) is 5.92 Å². The third-order valence-corrected chi connectivity index (χ3v) is 6.10. The van der Waals surface area contributed by atoms with Gasteiger partial charge in [-0.25, -0.2) is 4.98 Å². The Morgan fingerprint density at radius 2 is 1.81 bits per heavy atom. The zero-order valence-electron chi connectivity index (χ0n) is 17.0. The molecule has 0 aliphatic carbocycles. The summed E-state index contributed by atoms with van der Waals surface area (Å²) in [5, 5.41) is 3.44. The molecule has 0 unspecified atom stereocenters. The minimum absolute atomic E-state index is 0. The fourth-order valence-corrected chi connectivity index (χ4v) is 4.64. The zero-order valence-corrected chi connectivity index (χ0v) is 18.6. The van der Waals surface area contributed by atoms with E-state index in [0.717, 1.165) is 37.3 Å². The fraction of sp³-hybridized carbons (Fsp3) is 0.364. The van der Waals surface area contributed by atoms with E-state index in [1.165, 1.54) is 12.1 Å². The standard InChI is InChI=1S/C22H21F3N4O.2ClH/c23-22(24,25)17-3-1-14(2-4-17)12-28-8-7-27-20(28)18-5-6-19-16-9-15(10-26-11-16)13-29(19)21(18)30;;/h1-8,15-16,26H,9-13H2;2*1H/t15-,16+;;/m0../s1. The van der Waals surface area contributed by atoms with Gasteiger partial charge in [-0.3, -0.25) is 4.79 Å². The molecule has 0 radical (unpaired) electrons. The van der Waals surface area contributed by atoms with Crippen LogP contribution in [0, 0.1) is 5.92 Å². The number of imidazole rings is 1. The molecule has 2 bridgehead atoms. The summed E-state index contributed by atoms with van der Waals surface area (Å²) < 4.78 is 42.1. The fourth-order valence-electron chi connectivity index (χ4n) is 4.64. The van der Waals surface area contributed by atoms with Crippen LogP contribution in [0.1, 0.15) is 29.2 Å². The van der Waals surface area contributed by atoms with Crippen molar-refractivity contribution < 1.29 is 13.2 Å². The van der Waals surface area contributed by atoms with E-state index in [1.54, 1.807) is 17.0 Å². The molecule has 2 aliphatic heterocycles. The van der Waals surface area contributed by atoms with E-state index in [4.69, 9.17) is 0 Å². The van der Waals surface area contributed by atoms with E-state index in [-0.39, 0.29) is 30.4 Å². The summed E-state index contributed by atoms with van der Waals surface area (Å²) in [6.45, 7) is 2.85. The van der Waals surface area contributed by atoms with Crippen LogP contribution >= 0.6 is 24.8 Å². The molecule has 1 N–H and O–H groups in total. The molecule has 2 atom stereocenters. The number of rotatable bonds is 3. The summed E-state index contributed by atoms with van der Waals surface area (Å²) in [7, 11) is 0. The number of nitrogens with zero attached hydrogens (tertiary/aromatic N) is 3. The van der Waals surface area contributed by atoms with Gasteiger partial charge in [-0.1, -0.05) is 12.1 Å². The van der Waals surface area contributed by atoms with Crippen molar-refractivity contribution in [2.45, 2.75) is 31.6 Å². The Hall–Kier alpha value is -2.29. The van der Waals surface area contributed by atoms with Crippen molar-refractivity contribution in [3.05, 3.63) is 76.0 Å². The van der Waals surface area contributed by atoms with Gasteiger partial charge in [0.25, 0.3) is 5.56 Å². The second kappa shape index (κ2) is 9.29. The Morgan fingerprint density at radius 1 is 1.06 bits per heavy atom. The number of hydrogen-bond donors (Lipinski definition) is 1. The Bertz CT molecular complexity index is 1140. The molecule has 2 aliphatic rings. The van der Waals surface area contributed by atoms with Crippen molar-refractivity contribution in [1.82, 2.24) is 19.4 Å². The predicted molar refractivity (Wildman–Crippen MR) is 121 cm³/mol. The van der Waals surface area contributed by atoms with Crippen LogP contribution < -0.4 is 10.9 Å². The van der Waals surface area contributed by atoms with Crippen LogP contribution in [0.2, 0.25) is 0 Å². The average Bonchev–Trinajstić information content (AvgIpc) is 3.17. The first-order valence-corrected chi connectivity index (χ1v) is 10.0. The number of nitrogens with one attached hydrogen (secondary N) is 1. The molecule has 0 spiro atoms. The quantitative estimate of drug-likeness (QED) is 0.599. The smallest absolute Gasteiger partial charge is 0.326 e. The van der Waals surface area contributed by atoms with Crippen LogP contribution in [0.25, 0.3) is 11.4 Å². The van der Waals surface area contributed by atoms with Crippen LogP contribution in [-0.2, 0) is 19.3 Å². The van der Waals surface area contributed by atoms with Gasteiger partial charge in [0.05, 0.1) is 11.1 Å². The lowest BCUT2D eigenvalue weighted by Crippen LogP contribution is -2.45. The van der Waals surface area contributed by atoms with E-state index >= 15 is 0 Å². The predicted octanol–water partition coefficient (Wildman–Crippen LogP) is 4.33. The molecule has 2 aromatic heterocycles. The molecule has 0 amide bonds. The van der Waals surface area contributed by atoms with Crippen LogP contribution in [0.3, 0.4) is 0 Å². The van der Waals surface area contributed by atoms with Gasteiger partial charge in [-0.05, 0) is 48.7 Å². The molecular formula is C22H23Cl2F3N4O. The van der Waals surface area contributed by atoms with E-state index < -0.39 is 11.7 Å². The largest absolute Gasteiger partial charge is 0.416 e. The van der Waals surface area contributed by atoms with E-state index in [0.29, 0.717) is 41.9 Å². The number of aromatic nitrogens is 3. The molecule has 1 aromatic carbocycles. The highest BCUT2D eigenvalue weighted by molar-refractivity contribution is 5.85. The number of benzene rings is 1. The number of piperidine rings is 1. The van der Waals surface area contributed by atoms with Crippen LogP contribution in [0.15, 0.2) is 53.6 Å². The number of pyridine rings is 1. The summed E-state index contributed by atoms with van der Waals surface area (Å²) in [5.74, 6) is 1.34. The Kier molecular flexibility index (Phi) is 7.07. The highest BCUT2D eigenvalue weighted by Gasteiger charge is 2.32. The maximum atomic E-state index is 13.3. The molecule has 3 aromatic rings. The highest BCUT2D eigenvalue weighted by Crippen LogP contribution is 2.33. The maximum absolute atomic E-state index is 13.3. The van der Waals surface area contributed by atoms with E-state index in [9.17, 15) is 18.0 Å². The summed E-state index contributed by atoms with van der Waals surface area (Å²) in [5.41, 5.74) is 1.56. The first-order chi connectivity index (χ1) is 14.4. The minimum atomic E-state index is -4.36. The van der Waals surface area contributed by atoms with Gasteiger partial charge in [0.15, 0.2) is 0 Å². The first-order valence-electron chi connectivity index (χ1n) is 10.0. The van der Waals surface area contributed by atoms with Gasteiger partial charge in [-0.15, -0.1) is 24.8 Å². The lowest BCUT2D eigenvalue weighted by Gasteiger charge is -2.37. The van der Waals surface area contributed by atoms with Crippen molar-refractivity contribution in [3.8, 4) is 11.4 Å². The lowest BCUT2D eigenvalue weighted by molar-refractivity contribution is -0.137. The number of fused-ring (bicyclic) bond motifs is 4. The molecule has 32 heavy (non-hydrogen) atoms. The van der Waals surface area contributed by atoms with Gasteiger partial charge in [0.2, 0.25) is 0 Å². The third-order valence-electron chi connectivity index (χ3n) is 6.10. The highest BCUT2D eigenvalue weighted by atomic mass is 35.5. The van der Waals surface area contributed by atoms with E-state index in [1.807, 2.05) is 16.7 Å². The topological polar surface area (TPSA) is 51.9 Å². The molecule has 5 nitrogen and oxygen atoms in total. The Balaban J connectivity index is 0.00000144. The van der Waals surface area contributed by atoms with Crippen molar-refractivity contribution >= 4 is 24.8 Å². The van der Waals surface area contributed by atoms with Crippen LogP contribution in [0.4, 0.5) is 13.2 Å². The molecule has 0 saturated carbocycles. The van der Waals surface area contributed by atoms with Gasteiger partial charge in [0.1, 0.15) is 5.82 Å². The molecular weight excluding hydrogens is 464 g/mol. The molecule has 1 saturated heterocycles. The molecule has 4 heterocycles. The zero-order chi connectivity index (χ0) is 20.9. The number of alkyl halides is 3. The first kappa shape index (κ1) is 24.4. The SMILES string of the molecule is Cl.Cl.O=c1c(-c2nccn2Cc2ccc(C(F)(F)F)cc2)ccc2n1C[C@@H]1CNC[C@H]2C1. The van der Waals surface area contributed by atoms with Crippen molar-refractivity contribution in [2.75, 3.05) is 13.1 Å². The van der Waals surface area contributed by atoms with Crippen molar-refractivity contribution in [1.29, 1.82) is 0 Å². The normalized spacial score (nSPS) is 19.5. The van der Waals surface area contributed by atoms with Crippen LogP contribution in [0.5, 0.6) is 0 Å². The second-order valence-corrected chi connectivity index (χ2v) is 8.12. The lowest BCUT2D eigenvalue weighted by atomic mass is 9.84. The molecule has 172 valence electrons. The second-order valence-electron chi connectivity index (χ2n) is 8.12. The minimum Gasteiger partial charge on any atom is -0.326 e. The third kappa shape index (κ3) is 4.44. The van der Waals surface area contributed by atoms with Gasteiger partial charge in [-0.2, -0.15) is 13.2 Å². The summed E-state index contributed by atoms with van der Waals surface area (Å²) in [4.78, 5) is 17.6. The molecule has 5 rings (SSSR count). The monoisotopic (exact) mass is 486 g/mol. The van der Waals surface area contributed by atoms with Gasteiger partial charge >= 0.3 is 6.18 Å². The summed E-state index contributed by atoms with van der Waals surface area (Å²) in [6, 6.07) is 8.91. The summed E-state index contributed by atoms with van der Waals surface area (Å²) >= 11 is 0. The van der Waals surface area contributed by atoms with Crippen molar-refractivity contribution in [3.63, 3.8) is 0 Å². The number of hydrogen-bond acceptors (Lipinski definition) is 3. The van der Waals surface area contributed by atoms with Gasteiger partial charge in [0, 0.05) is 43.6 Å². The maximum Gasteiger partial charge on any atom is 0.416 e. The molecule has 1 fully saturated rings. The van der Waals surface area contributed by atoms with Gasteiger partial charge < -0.3 is 14.5 Å². The Labute approximate surface area is 195 Å². The number of halogens is 5. The average molecular weight is 487 g/mol.